The summed E-state index contributed by atoms with van der Waals surface area (Å²) in [5, 5.41) is 9.69. The Hall–Kier alpha value is -0.450. The van der Waals surface area contributed by atoms with Crippen molar-refractivity contribution in [1.82, 2.24) is 0 Å². The van der Waals surface area contributed by atoms with E-state index < -0.39 is 18.5 Å². The van der Waals surface area contributed by atoms with Crippen LogP contribution in [0.25, 0.3) is 0 Å². The van der Waals surface area contributed by atoms with Gasteiger partial charge in [0.15, 0.2) is 6.29 Å². The van der Waals surface area contributed by atoms with E-state index in [-0.39, 0.29) is 6.10 Å². The molecule has 0 aromatic heterocycles. The van der Waals surface area contributed by atoms with Crippen LogP contribution in [0.5, 0.6) is 0 Å². The molecule has 18 heavy (non-hydrogen) atoms. The molecule has 1 saturated heterocycles. The summed E-state index contributed by atoms with van der Waals surface area (Å²) < 4.78 is 11.5. The molecule has 0 aromatic rings. The first-order chi connectivity index (χ1) is 8.78. The lowest BCUT2D eigenvalue weighted by Crippen LogP contribution is -2.39. The molecule has 3 unspecified atom stereocenters. The van der Waals surface area contributed by atoms with Crippen LogP contribution in [0.2, 0.25) is 0 Å². The van der Waals surface area contributed by atoms with Gasteiger partial charge in [0.25, 0.3) is 0 Å². The summed E-state index contributed by atoms with van der Waals surface area (Å²) >= 11 is 0. The van der Waals surface area contributed by atoms with Crippen LogP contribution in [0.15, 0.2) is 0 Å². The summed E-state index contributed by atoms with van der Waals surface area (Å²) in [7, 11) is 0. The van der Waals surface area contributed by atoms with Gasteiger partial charge < -0.3 is 19.4 Å². The number of aliphatic hydroxyl groups excluding tert-OH is 1. The van der Waals surface area contributed by atoms with Crippen LogP contribution in [0.3, 0.4) is 0 Å². The quantitative estimate of drug-likeness (QED) is 0.786. The molecule has 4 nitrogen and oxygen atoms in total. The first-order valence-electron chi connectivity index (χ1n) is 7.22. The number of carbonyl (C=O) groups is 1. The molecule has 3 atom stereocenters. The highest BCUT2D eigenvalue weighted by atomic mass is 16.7. The highest BCUT2D eigenvalue weighted by Gasteiger charge is 2.30. The Balaban J connectivity index is 1.80. The average Bonchev–Trinajstić information content (AvgIpc) is 2.31. The minimum atomic E-state index is -0.507. The molecule has 104 valence electrons. The monoisotopic (exact) mass is 256 g/mol. The number of hydrogen-bond acceptors (Lipinski definition) is 4. The maximum Gasteiger partial charge on any atom is 0.161 e. The summed E-state index contributed by atoms with van der Waals surface area (Å²) in [5.41, 5.74) is 0. The van der Waals surface area contributed by atoms with Crippen molar-refractivity contribution < 1.29 is 19.4 Å². The third-order valence-corrected chi connectivity index (χ3v) is 3.84. The maximum atomic E-state index is 10.8. The smallest absolute Gasteiger partial charge is 0.161 e. The number of carbonyl (C=O) groups excluding carboxylic acids is 1. The Labute approximate surface area is 109 Å². The largest absolute Gasteiger partial charge is 0.393 e. The van der Waals surface area contributed by atoms with Gasteiger partial charge >= 0.3 is 0 Å². The molecule has 1 N–H and O–H groups in total. The third-order valence-electron chi connectivity index (χ3n) is 3.84. The summed E-state index contributed by atoms with van der Waals surface area (Å²) in [5.74, 6) is 0. The van der Waals surface area contributed by atoms with Crippen molar-refractivity contribution >= 4 is 6.29 Å². The van der Waals surface area contributed by atoms with Crippen LogP contribution >= 0.6 is 0 Å². The summed E-state index contributed by atoms with van der Waals surface area (Å²) in [6.45, 7) is 0. The van der Waals surface area contributed by atoms with Crippen LogP contribution in [-0.4, -0.2) is 36.0 Å². The Kier molecular flexibility index (Phi) is 5.60. The standard InChI is InChI=1S/C14H24O4/c15-10-13-8-11(16)9-14(18-13)17-12-6-4-2-1-3-5-7-12/h10-14,16H,1-9H2. The normalized spacial score (nSPS) is 35.7. The summed E-state index contributed by atoms with van der Waals surface area (Å²) in [6.07, 6.45) is 8.93. The lowest BCUT2D eigenvalue weighted by molar-refractivity contribution is -0.229. The molecular weight excluding hydrogens is 232 g/mol. The van der Waals surface area contributed by atoms with Gasteiger partial charge in [-0.3, -0.25) is 0 Å². The highest BCUT2D eigenvalue weighted by Crippen LogP contribution is 2.25. The van der Waals surface area contributed by atoms with Crippen LogP contribution in [0, 0.1) is 0 Å². The molecule has 1 saturated carbocycles. The van der Waals surface area contributed by atoms with E-state index >= 15 is 0 Å². The van der Waals surface area contributed by atoms with Gasteiger partial charge in [0.1, 0.15) is 12.4 Å². The first kappa shape index (κ1) is 14.0. The van der Waals surface area contributed by atoms with Gasteiger partial charge in [-0.1, -0.05) is 32.1 Å². The van der Waals surface area contributed by atoms with Crippen molar-refractivity contribution in [2.75, 3.05) is 0 Å². The van der Waals surface area contributed by atoms with E-state index in [2.05, 4.69) is 0 Å². The Morgan fingerprint density at radius 3 is 2.39 bits per heavy atom. The minimum Gasteiger partial charge on any atom is -0.393 e. The topological polar surface area (TPSA) is 55.8 Å². The zero-order chi connectivity index (χ0) is 12.8. The molecule has 0 radical (unpaired) electrons. The minimum absolute atomic E-state index is 0.230. The molecule has 0 amide bonds. The third kappa shape index (κ3) is 4.34. The molecule has 2 rings (SSSR count). The van der Waals surface area contributed by atoms with Crippen LogP contribution in [-0.2, 0) is 14.3 Å². The van der Waals surface area contributed by atoms with Crippen molar-refractivity contribution in [3.63, 3.8) is 0 Å². The molecule has 4 heteroatoms. The van der Waals surface area contributed by atoms with Crippen molar-refractivity contribution in [3.8, 4) is 0 Å². The predicted molar refractivity (Wildman–Crippen MR) is 67.2 cm³/mol. The van der Waals surface area contributed by atoms with Gasteiger partial charge in [-0.05, 0) is 12.8 Å². The molecule has 1 aliphatic carbocycles. The molecule has 1 aliphatic heterocycles. The predicted octanol–water partition coefficient (Wildman–Crippen LogP) is 2.18. The van der Waals surface area contributed by atoms with Crippen molar-refractivity contribution in [2.24, 2.45) is 0 Å². The van der Waals surface area contributed by atoms with E-state index in [0.717, 1.165) is 19.1 Å². The highest BCUT2D eigenvalue weighted by molar-refractivity contribution is 5.56. The molecule has 1 heterocycles. The lowest BCUT2D eigenvalue weighted by atomic mass is 9.98. The Bertz CT molecular complexity index is 248. The van der Waals surface area contributed by atoms with Crippen LogP contribution < -0.4 is 0 Å². The summed E-state index contributed by atoms with van der Waals surface area (Å²) in [4.78, 5) is 10.8. The molecule has 0 bridgehead atoms. The van der Waals surface area contributed by atoms with Crippen LogP contribution in [0.1, 0.15) is 57.8 Å². The zero-order valence-corrected chi connectivity index (χ0v) is 10.9. The molecule has 2 fully saturated rings. The van der Waals surface area contributed by atoms with Gasteiger partial charge in [-0.2, -0.15) is 0 Å². The van der Waals surface area contributed by atoms with E-state index in [1.54, 1.807) is 0 Å². The number of aldehydes is 1. The SMILES string of the molecule is O=CC1CC(O)CC(OC2CCCCCCC2)O1. The fourth-order valence-electron chi connectivity index (χ4n) is 2.84. The lowest BCUT2D eigenvalue weighted by Gasteiger charge is -2.33. The second-order valence-corrected chi connectivity index (χ2v) is 5.47. The van der Waals surface area contributed by atoms with Gasteiger partial charge in [0.2, 0.25) is 0 Å². The maximum absolute atomic E-state index is 10.8. The van der Waals surface area contributed by atoms with Crippen molar-refractivity contribution in [1.29, 1.82) is 0 Å². The molecule has 0 spiro atoms. The van der Waals surface area contributed by atoms with Gasteiger partial charge in [0.05, 0.1) is 12.2 Å². The Morgan fingerprint density at radius 1 is 1.06 bits per heavy atom. The number of aliphatic hydroxyl groups is 1. The van der Waals surface area contributed by atoms with E-state index in [4.69, 9.17) is 9.47 Å². The number of hydrogen-bond donors (Lipinski definition) is 1. The second-order valence-electron chi connectivity index (χ2n) is 5.47. The molecular formula is C14H24O4. The van der Waals surface area contributed by atoms with Crippen molar-refractivity contribution in [2.45, 2.75) is 82.4 Å². The molecule has 2 aliphatic rings. The second kappa shape index (κ2) is 7.22. The van der Waals surface area contributed by atoms with Crippen LogP contribution in [0.4, 0.5) is 0 Å². The summed E-state index contributed by atoms with van der Waals surface area (Å²) in [6, 6.07) is 0. The molecule has 0 aromatic carbocycles. The van der Waals surface area contributed by atoms with Gasteiger partial charge in [0, 0.05) is 12.8 Å². The van der Waals surface area contributed by atoms with E-state index in [1.807, 2.05) is 0 Å². The van der Waals surface area contributed by atoms with E-state index in [0.29, 0.717) is 12.8 Å². The zero-order valence-electron chi connectivity index (χ0n) is 10.9. The average molecular weight is 256 g/mol. The van der Waals surface area contributed by atoms with E-state index in [1.165, 1.54) is 32.1 Å². The van der Waals surface area contributed by atoms with Gasteiger partial charge in [-0.25, -0.2) is 0 Å². The Morgan fingerprint density at radius 2 is 1.72 bits per heavy atom. The van der Waals surface area contributed by atoms with E-state index in [9.17, 15) is 9.90 Å². The van der Waals surface area contributed by atoms with Crippen molar-refractivity contribution in [3.05, 3.63) is 0 Å². The number of rotatable bonds is 3. The van der Waals surface area contributed by atoms with Gasteiger partial charge in [-0.15, -0.1) is 0 Å². The first-order valence-corrected chi connectivity index (χ1v) is 7.22. The fraction of sp³-hybridized carbons (Fsp3) is 0.929. The number of ether oxygens (including phenoxy) is 2. The fourth-order valence-corrected chi connectivity index (χ4v) is 2.84.